The number of carbonyl (C=O) groups is 2. The summed E-state index contributed by atoms with van der Waals surface area (Å²) in [6, 6.07) is 0. The van der Waals surface area contributed by atoms with Crippen LogP contribution in [0.15, 0.2) is 0 Å². The highest BCUT2D eigenvalue weighted by atomic mass is 79.9. The number of ketones is 1. The van der Waals surface area contributed by atoms with Gasteiger partial charge in [0.05, 0.1) is 5.92 Å². The van der Waals surface area contributed by atoms with Crippen molar-refractivity contribution in [1.29, 1.82) is 0 Å². The highest BCUT2D eigenvalue weighted by Crippen LogP contribution is 2.23. The van der Waals surface area contributed by atoms with Gasteiger partial charge in [-0.1, -0.05) is 15.9 Å². The monoisotopic (exact) mass is 220 g/mol. The highest BCUT2D eigenvalue weighted by Gasteiger charge is 2.33. The van der Waals surface area contributed by atoms with E-state index >= 15 is 0 Å². The van der Waals surface area contributed by atoms with Gasteiger partial charge in [0.15, 0.2) is 0 Å². The molecule has 1 aliphatic rings. The van der Waals surface area contributed by atoms with Gasteiger partial charge < -0.3 is 4.74 Å². The molecule has 0 N–H and O–H groups in total. The molecule has 0 spiro atoms. The average molecular weight is 221 g/mol. The van der Waals surface area contributed by atoms with Crippen molar-refractivity contribution in [3.63, 3.8) is 0 Å². The Morgan fingerprint density at radius 1 is 1.64 bits per heavy atom. The van der Waals surface area contributed by atoms with Gasteiger partial charge in [-0.05, 0) is 0 Å². The van der Waals surface area contributed by atoms with E-state index in [0.717, 1.165) is 0 Å². The van der Waals surface area contributed by atoms with Gasteiger partial charge in [-0.25, -0.2) is 0 Å². The maximum absolute atomic E-state index is 10.9. The van der Waals surface area contributed by atoms with Gasteiger partial charge in [-0.15, -0.1) is 0 Å². The first kappa shape index (κ1) is 8.71. The quantitative estimate of drug-likeness (QED) is 0.525. The van der Waals surface area contributed by atoms with Crippen LogP contribution >= 0.6 is 15.9 Å². The summed E-state index contributed by atoms with van der Waals surface area (Å²) in [6.07, 6.45) is 0.752. The van der Waals surface area contributed by atoms with Crippen LogP contribution in [0, 0.1) is 5.92 Å². The summed E-state index contributed by atoms with van der Waals surface area (Å²) in [6.45, 7) is 0.392. The predicted octanol–water partition coefficient (Wildman–Crippen LogP) is 0.904. The third-order valence-electron chi connectivity index (χ3n) is 1.60. The summed E-state index contributed by atoms with van der Waals surface area (Å²) < 4.78 is 4.81. The van der Waals surface area contributed by atoms with Crippen molar-refractivity contribution in [2.24, 2.45) is 5.92 Å². The molecule has 0 aromatic rings. The lowest BCUT2D eigenvalue weighted by Crippen LogP contribution is -2.32. The number of esters is 1. The Kier molecular flexibility index (Phi) is 3.05. The lowest BCUT2D eigenvalue weighted by molar-refractivity contribution is -0.154. The van der Waals surface area contributed by atoms with Gasteiger partial charge in [0.1, 0.15) is 12.4 Å². The minimum absolute atomic E-state index is 0.151. The van der Waals surface area contributed by atoms with Crippen LogP contribution in [0.3, 0.4) is 0 Å². The topological polar surface area (TPSA) is 43.4 Å². The van der Waals surface area contributed by atoms with Gasteiger partial charge >= 0.3 is 5.97 Å². The molecular formula is C7H9BrO3. The van der Waals surface area contributed by atoms with Crippen molar-refractivity contribution >= 4 is 27.7 Å². The Morgan fingerprint density at radius 3 is 2.73 bits per heavy atom. The van der Waals surface area contributed by atoms with E-state index in [1.54, 1.807) is 0 Å². The molecule has 0 amide bonds. The Balaban J connectivity index is 2.16. The molecule has 0 radical (unpaired) electrons. The molecule has 0 saturated heterocycles. The van der Waals surface area contributed by atoms with Crippen LogP contribution in [-0.4, -0.2) is 23.7 Å². The van der Waals surface area contributed by atoms with Crippen molar-refractivity contribution in [3.05, 3.63) is 0 Å². The number of hydrogen-bond donors (Lipinski definition) is 0. The maximum Gasteiger partial charge on any atom is 0.309 e. The van der Waals surface area contributed by atoms with E-state index in [1.165, 1.54) is 0 Å². The summed E-state index contributed by atoms with van der Waals surface area (Å²) in [7, 11) is 0. The molecule has 1 fully saturated rings. The third kappa shape index (κ3) is 2.29. The lowest BCUT2D eigenvalue weighted by Gasteiger charge is -2.21. The molecule has 0 aromatic heterocycles. The van der Waals surface area contributed by atoms with Crippen molar-refractivity contribution in [2.45, 2.75) is 12.8 Å². The van der Waals surface area contributed by atoms with Crippen LogP contribution in [0.1, 0.15) is 12.8 Å². The molecule has 4 heteroatoms. The molecule has 62 valence electrons. The zero-order valence-electron chi connectivity index (χ0n) is 6.01. The zero-order valence-corrected chi connectivity index (χ0v) is 7.59. The van der Waals surface area contributed by atoms with Crippen LogP contribution < -0.4 is 0 Å². The smallest absolute Gasteiger partial charge is 0.309 e. The van der Waals surface area contributed by atoms with E-state index < -0.39 is 0 Å². The van der Waals surface area contributed by atoms with E-state index in [9.17, 15) is 9.59 Å². The second-order valence-electron chi connectivity index (χ2n) is 2.50. The number of alkyl halides is 1. The van der Waals surface area contributed by atoms with Gasteiger partial charge in [-0.3, -0.25) is 9.59 Å². The first-order valence-electron chi connectivity index (χ1n) is 3.48. The van der Waals surface area contributed by atoms with Crippen LogP contribution in [0.2, 0.25) is 0 Å². The summed E-state index contributed by atoms with van der Waals surface area (Å²) >= 11 is 3.13. The molecule has 0 aromatic carbocycles. The molecule has 3 nitrogen and oxygen atoms in total. The van der Waals surface area contributed by atoms with Gasteiger partial charge in [0, 0.05) is 18.2 Å². The molecular weight excluding hydrogens is 212 g/mol. The van der Waals surface area contributed by atoms with Crippen LogP contribution in [0.5, 0.6) is 0 Å². The van der Waals surface area contributed by atoms with Crippen molar-refractivity contribution in [2.75, 3.05) is 11.9 Å². The fourth-order valence-electron chi connectivity index (χ4n) is 0.914. The molecule has 1 rings (SSSR count). The maximum atomic E-state index is 10.9. The van der Waals surface area contributed by atoms with Crippen LogP contribution in [0.4, 0.5) is 0 Å². The number of Topliss-reactive ketones (excluding diaryl/α,β-unsaturated/α-hetero) is 1. The minimum atomic E-state index is -0.232. The number of ether oxygens (including phenoxy) is 1. The Morgan fingerprint density at radius 2 is 2.27 bits per heavy atom. The molecule has 1 aliphatic carbocycles. The minimum Gasteiger partial charge on any atom is -0.465 e. The number of rotatable bonds is 3. The zero-order chi connectivity index (χ0) is 8.27. The Bertz CT molecular complexity index is 171. The Hall–Kier alpha value is -0.380. The van der Waals surface area contributed by atoms with Crippen molar-refractivity contribution in [1.82, 2.24) is 0 Å². The summed E-state index contributed by atoms with van der Waals surface area (Å²) in [5.41, 5.74) is 0. The fourth-order valence-corrected chi connectivity index (χ4v) is 1.08. The third-order valence-corrected chi connectivity index (χ3v) is 1.93. The van der Waals surface area contributed by atoms with E-state index in [1.807, 2.05) is 0 Å². The standard InChI is InChI=1S/C7H9BrO3/c8-1-2-11-7(10)5-3-6(9)4-5/h5H,1-4H2. The fraction of sp³-hybridized carbons (Fsp3) is 0.714. The molecule has 0 atom stereocenters. The molecule has 0 aliphatic heterocycles. The van der Waals surface area contributed by atoms with E-state index in [4.69, 9.17) is 4.74 Å². The number of halogens is 1. The second kappa shape index (κ2) is 3.85. The normalized spacial score (nSPS) is 17.7. The molecule has 0 heterocycles. The van der Waals surface area contributed by atoms with Gasteiger partial charge in [-0.2, -0.15) is 0 Å². The molecule has 1 saturated carbocycles. The number of carbonyl (C=O) groups excluding carboxylic acids is 2. The van der Waals surface area contributed by atoms with Crippen LogP contribution in [-0.2, 0) is 14.3 Å². The van der Waals surface area contributed by atoms with Crippen molar-refractivity contribution in [3.8, 4) is 0 Å². The first-order chi connectivity index (χ1) is 5.24. The summed E-state index contributed by atoms with van der Waals surface area (Å²) in [5.74, 6) is -0.226. The molecule has 0 bridgehead atoms. The second-order valence-corrected chi connectivity index (χ2v) is 3.29. The average Bonchev–Trinajstić information content (AvgIpc) is 1.94. The van der Waals surface area contributed by atoms with E-state index in [-0.39, 0.29) is 17.7 Å². The van der Waals surface area contributed by atoms with Crippen LogP contribution in [0.25, 0.3) is 0 Å². The van der Waals surface area contributed by atoms with Gasteiger partial charge in [0.2, 0.25) is 0 Å². The molecule has 0 unspecified atom stereocenters. The Labute approximate surface area is 73.2 Å². The predicted molar refractivity (Wildman–Crippen MR) is 42.5 cm³/mol. The van der Waals surface area contributed by atoms with E-state index in [2.05, 4.69) is 15.9 Å². The SMILES string of the molecule is O=C1CC(C(=O)OCCBr)C1. The lowest BCUT2D eigenvalue weighted by atomic mass is 9.84. The molecule has 11 heavy (non-hydrogen) atoms. The first-order valence-corrected chi connectivity index (χ1v) is 4.60. The highest BCUT2D eigenvalue weighted by molar-refractivity contribution is 9.09. The van der Waals surface area contributed by atoms with Gasteiger partial charge in [0.25, 0.3) is 0 Å². The summed E-state index contributed by atoms with van der Waals surface area (Å²) in [4.78, 5) is 21.4. The number of hydrogen-bond acceptors (Lipinski definition) is 3. The summed E-state index contributed by atoms with van der Waals surface area (Å²) in [5, 5.41) is 0.652. The largest absolute Gasteiger partial charge is 0.465 e. The van der Waals surface area contributed by atoms with E-state index in [0.29, 0.717) is 24.8 Å². The van der Waals surface area contributed by atoms with Crippen molar-refractivity contribution < 1.29 is 14.3 Å².